The normalized spacial score (nSPS) is 11.9. The first-order valence-electron chi connectivity index (χ1n) is 15.0. The third-order valence-corrected chi connectivity index (χ3v) is 12.1. The van der Waals surface area contributed by atoms with Crippen LogP contribution in [0.15, 0.2) is 107 Å². The third-order valence-electron chi connectivity index (χ3n) is 7.71. The van der Waals surface area contributed by atoms with Gasteiger partial charge in [-0.25, -0.2) is 4.98 Å². The van der Waals surface area contributed by atoms with Crippen LogP contribution >= 0.6 is 34.8 Å². The van der Waals surface area contributed by atoms with Gasteiger partial charge in [0.05, 0.1) is 10.6 Å². The number of benzene rings is 5. The Bertz CT molecular complexity index is 3290. The molecule has 0 amide bonds. The van der Waals surface area contributed by atoms with Crippen LogP contribution < -0.4 is 124 Å². The van der Waals surface area contributed by atoms with Gasteiger partial charge >= 0.3 is 118 Å². The molecule has 21 nitrogen and oxygen atoms in total. The standard InChI is InChI=1S/C30H18Cl3N7O14S4.Cu.4Na/c31-24-28(32)35-30(33)36-29(24)34-14-2-4-15(5-3-14)37-38-18-8-12-1-6-19(41)25(17(12)11-20(18)56(46,47)48)39-40-26-22(58(52,53)54)9-13-7-16(55(43,44)45)10-21(57(49,50)51)23(13)27(26)42;;;;;/h1-11,41-42H,(H,34,35,36)(H,43,44,45)(H,46,47,48)(H,49,50,51)(H,52,53,54);;;;;/q;;4*+1. The van der Waals surface area contributed by atoms with E-state index in [1.54, 1.807) is 0 Å². The molecular weight excluding hydrogens is 1070 g/mol. The number of phenolic OH excluding ortho intramolecular Hbond substituents is 2. The van der Waals surface area contributed by atoms with Gasteiger partial charge in [0.25, 0.3) is 40.5 Å². The van der Waals surface area contributed by atoms with E-state index in [9.17, 15) is 62.1 Å². The Morgan fingerprint density at radius 1 is 0.571 bits per heavy atom. The summed E-state index contributed by atoms with van der Waals surface area (Å²) in [5, 5.41) is 37.7. The van der Waals surface area contributed by atoms with Crippen LogP contribution in [0, 0.1) is 0 Å². The van der Waals surface area contributed by atoms with Crippen molar-refractivity contribution in [3.8, 4) is 11.5 Å². The van der Waals surface area contributed by atoms with E-state index >= 15 is 0 Å². The Hall–Kier alpha value is -0.671. The van der Waals surface area contributed by atoms with Crippen molar-refractivity contribution < 1.29 is 197 Å². The topological polar surface area (TPSA) is 345 Å². The predicted molar refractivity (Wildman–Crippen MR) is 206 cm³/mol. The van der Waals surface area contributed by atoms with E-state index in [0.717, 1.165) is 18.2 Å². The summed E-state index contributed by atoms with van der Waals surface area (Å²) in [6.45, 7) is 0. The molecule has 0 bridgehead atoms. The quantitative estimate of drug-likeness (QED) is 0.0225. The van der Waals surface area contributed by atoms with Crippen molar-refractivity contribution in [2.45, 2.75) is 19.6 Å². The largest absolute Gasteiger partial charge is 1.00 e. The molecule has 33 heteroatoms. The molecule has 6 aromatic rings. The summed E-state index contributed by atoms with van der Waals surface area (Å²) in [5.74, 6) is -2.07. The van der Waals surface area contributed by atoms with E-state index in [-0.39, 0.29) is 179 Å². The van der Waals surface area contributed by atoms with E-state index in [0.29, 0.717) is 17.8 Å². The fraction of sp³-hybridized carbons (Fsp3) is 0. The molecule has 6 rings (SSSR count). The number of fused-ring (bicyclic) bond motifs is 2. The smallest absolute Gasteiger partial charge is 0.506 e. The number of hydrogen-bond donors (Lipinski definition) is 7. The zero-order valence-corrected chi connectivity index (χ0v) is 46.5. The minimum Gasteiger partial charge on any atom is -0.506 e. The number of phenols is 2. The molecule has 7 N–H and O–H groups in total. The van der Waals surface area contributed by atoms with E-state index in [1.807, 2.05) is 0 Å². The summed E-state index contributed by atoms with van der Waals surface area (Å²) in [6.07, 6.45) is 0. The number of aromatic hydroxyl groups is 2. The Morgan fingerprint density at radius 3 is 1.70 bits per heavy atom. The number of nitrogens with one attached hydrogen (secondary N) is 1. The maximum atomic E-state index is 12.5. The SMILES string of the molecule is O=S(=O)(O)c1cc(S(=O)(=O)O)c2c(O)c(N=Nc3c(O)ccc4cc(N=Nc5ccc(Nc6nc(Cl)nc(Cl)c6Cl)cc5)c(S(=O)(=O)O)cc34)c(S(=O)(=O)O)cc2c1.[Cu].[Na+].[Na+].[Na+].[Na+]. The molecule has 0 aliphatic heterocycles. The molecule has 0 spiro atoms. The van der Waals surface area contributed by atoms with E-state index in [4.69, 9.17) is 34.8 Å². The van der Waals surface area contributed by atoms with Gasteiger partial charge in [0.15, 0.2) is 16.7 Å². The number of hydrogen-bond acceptors (Lipinski definition) is 17. The van der Waals surface area contributed by atoms with Crippen molar-refractivity contribution >= 4 is 131 Å². The molecule has 0 aliphatic carbocycles. The Balaban J connectivity index is 0.00000397. The molecule has 0 aliphatic rings. The molecule has 313 valence electrons. The number of halogens is 3. The predicted octanol–water partition coefficient (Wildman–Crippen LogP) is -4.27. The van der Waals surface area contributed by atoms with Gasteiger partial charge in [-0.3, -0.25) is 18.2 Å². The van der Waals surface area contributed by atoms with Crippen LogP contribution in [0.25, 0.3) is 21.5 Å². The summed E-state index contributed by atoms with van der Waals surface area (Å²) in [7, 11) is -21.2. The Morgan fingerprint density at radius 2 is 1.14 bits per heavy atom. The number of rotatable bonds is 10. The van der Waals surface area contributed by atoms with Gasteiger partial charge in [-0.15, -0.1) is 15.3 Å². The number of anilines is 2. The van der Waals surface area contributed by atoms with Crippen molar-refractivity contribution in [2.24, 2.45) is 20.5 Å². The number of nitrogens with zero attached hydrogens (tertiary/aromatic N) is 6. The zero-order chi connectivity index (χ0) is 42.7. The first-order valence-corrected chi connectivity index (χ1v) is 21.8. The summed E-state index contributed by atoms with van der Waals surface area (Å²) < 4.78 is 137. The summed E-state index contributed by atoms with van der Waals surface area (Å²) >= 11 is 17.9. The van der Waals surface area contributed by atoms with E-state index in [2.05, 4.69) is 35.7 Å². The second-order valence-electron chi connectivity index (χ2n) is 11.5. The van der Waals surface area contributed by atoms with E-state index in [1.165, 1.54) is 30.3 Å². The van der Waals surface area contributed by atoms with Crippen molar-refractivity contribution in [3.05, 3.63) is 82.2 Å². The average molecular weight is 1090 g/mol. The molecule has 0 saturated heterocycles. The van der Waals surface area contributed by atoms with Gasteiger partial charge < -0.3 is 15.5 Å². The van der Waals surface area contributed by atoms with Gasteiger partial charge in [0, 0.05) is 33.5 Å². The molecular formula is C30H18Cl3CuN7Na4O14S4+4. The molecule has 1 radical (unpaired) electrons. The van der Waals surface area contributed by atoms with Crippen LogP contribution in [0.3, 0.4) is 0 Å². The molecule has 1 heterocycles. The van der Waals surface area contributed by atoms with Crippen LogP contribution in [0.4, 0.5) is 34.3 Å². The van der Waals surface area contributed by atoms with Gasteiger partial charge in [0.1, 0.15) is 42.5 Å². The van der Waals surface area contributed by atoms with Crippen molar-refractivity contribution in [1.82, 2.24) is 9.97 Å². The first kappa shape index (κ1) is 60.3. The zero-order valence-electron chi connectivity index (χ0n) is 32.1. The van der Waals surface area contributed by atoms with Crippen molar-refractivity contribution in [3.63, 3.8) is 0 Å². The summed E-state index contributed by atoms with van der Waals surface area (Å²) in [4.78, 5) is 2.96. The monoisotopic (exact) mass is 1090 g/mol. The van der Waals surface area contributed by atoms with Crippen LogP contribution in [0.2, 0.25) is 15.5 Å². The third kappa shape index (κ3) is 14.0. The second kappa shape index (κ2) is 23.1. The maximum Gasteiger partial charge on any atom is 1.00 e. The van der Waals surface area contributed by atoms with Gasteiger partial charge in [0.2, 0.25) is 5.28 Å². The Labute approximate surface area is 470 Å². The summed E-state index contributed by atoms with van der Waals surface area (Å²) in [5.41, 5.74) is -1.68. The maximum absolute atomic E-state index is 12.5. The fourth-order valence-electron chi connectivity index (χ4n) is 5.21. The minimum atomic E-state index is -5.44. The molecule has 1 aromatic heterocycles. The van der Waals surface area contributed by atoms with Crippen molar-refractivity contribution in [1.29, 1.82) is 0 Å². The molecule has 5 aromatic carbocycles. The number of azo groups is 2. The van der Waals surface area contributed by atoms with Crippen LogP contribution in [0.5, 0.6) is 11.5 Å². The molecule has 0 fully saturated rings. The Kier molecular flexibility index (Phi) is 22.1. The molecule has 0 atom stereocenters. The average Bonchev–Trinajstić information content (AvgIpc) is 3.11. The van der Waals surface area contributed by atoms with Gasteiger partial charge in [-0.2, -0.15) is 43.8 Å². The van der Waals surface area contributed by atoms with E-state index < -0.39 is 99.4 Å². The van der Waals surface area contributed by atoms with Crippen molar-refractivity contribution in [2.75, 3.05) is 5.32 Å². The molecule has 0 unspecified atom stereocenters. The number of aromatic nitrogens is 2. The molecule has 63 heavy (non-hydrogen) atoms. The molecule has 0 saturated carbocycles. The minimum absolute atomic E-state index is 0. The van der Waals surface area contributed by atoms with Crippen LogP contribution in [-0.2, 0) is 57.5 Å². The van der Waals surface area contributed by atoms with Gasteiger partial charge in [-0.05, 0) is 83.0 Å². The first-order chi connectivity index (χ1) is 26.8. The van der Waals surface area contributed by atoms with Crippen LogP contribution in [-0.4, -0.2) is 72.1 Å². The fourth-order valence-corrected chi connectivity index (χ4v) is 8.38. The van der Waals surface area contributed by atoms with Crippen LogP contribution in [0.1, 0.15) is 0 Å². The second-order valence-corrected chi connectivity index (χ2v) is 18.1. The summed E-state index contributed by atoms with van der Waals surface area (Å²) in [6, 6.07) is 11.3. The van der Waals surface area contributed by atoms with Gasteiger partial charge in [-0.1, -0.05) is 29.3 Å².